The minimum Gasteiger partial charge on any atom is -0.377 e. The van der Waals surface area contributed by atoms with Gasteiger partial charge in [0.25, 0.3) is 0 Å². The standard InChI is InChI=1S/C16H33NO/c1-6-17(7-2)10-11-18-16-12-14(5)8-9-15(16)13(3)4/h13-16H,6-12H2,1-5H3. The summed E-state index contributed by atoms with van der Waals surface area (Å²) in [6, 6.07) is 0. The van der Waals surface area contributed by atoms with Crippen molar-refractivity contribution >= 4 is 0 Å². The highest BCUT2D eigenvalue weighted by atomic mass is 16.5. The molecule has 1 saturated carbocycles. The molecule has 108 valence electrons. The first-order chi connectivity index (χ1) is 8.58. The number of ether oxygens (including phenoxy) is 1. The molecule has 1 fully saturated rings. The van der Waals surface area contributed by atoms with Crippen LogP contribution in [0.3, 0.4) is 0 Å². The van der Waals surface area contributed by atoms with Crippen LogP contribution < -0.4 is 0 Å². The summed E-state index contributed by atoms with van der Waals surface area (Å²) >= 11 is 0. The number of hydrogen-bond donors (Lipinski definition) is 0. The van der Waals surface area contributed by atoms with E-state index in [9.17, 15) is 0 Å². The van der Waals surface area contributed by atoms with Crippen molar-refractivity contribution in [2.24, 2.45) is 17.8 Å². The second-order valence-corrected chi connectivity index (χ2v) is 6.26. The van der Waals surface area contributed by atoms with E-state index in [1.165, 1.54) is 19.3 Å². The maximum Gasteiger partial charge on any atom is 0.0608 e. The lowest BCUT2D eigenvalue weighted by molar-refractivity contribution is -0.0437. The Hall–Kier alpha value is -0.0800. The predicted molar refractivity (Wildman–Crippen MR) is 78.9 cm³/mol. The van der Waals surface area contributed by atoms with Crippen LogP contribution in [0, 0.1) is 17.8 Å². The van der Waals surface area contributed by atoms with Crippen molar-refractivity contribution in [3.63, 3.8) is 0 Å². The van der Waals surface area contributed by atoms with E-state index in [1.54, 1.807) is 0 Å². The molecule has 0 saturated heterocycles. The van der Waals surface area contributed by atoms with Crippen LogP contribution in [0.4, 0.5) is 0 Å². The average molecular weight is 255 g/mol. The quantitative estimate of drug-likeness (QED) is 0.686. The second kappa shape index (κ2) is 8.16. The van der Waals surface area contributed by atoms with Crippen molar-refractivity contribution in [1.29, 1.82) is 0 Å². The molecule has 0 aliphatic heterocycles. The van der Waals surface area contributed by atoms with Gasteiger partial charge >= 0.3 is 0 Å². The smallest absolute Gasteiger partial charge is 0.0608 e. The van der Waals surface area contributed by atoms with Gasteiger partial charge < -0.3 is 9.64 Å². The van der Waals surface area contributed by atoms with Gasteiger partial charge in [-0.3, -0.25) is 0 Å². The fourth-order valence-electron chi connectivity index (χ4n) is 3.18. The topological polar surface area (TPSA) is 12.5 Å². The summed E-state index contributed by atoms with van der Waals surface area (Å²) in [5.74, 6) is 2.38. The van der Waals surface area contributed by atoms with Gasteiger partial charge in [-0.05, 0) is 43.7 Å². The molecule has 0 amide bonds. The Morgan fingerprint density at radius 3 is 2.39 bits per heavy atom. The number of rotatable bonds is 7. The summed E-state index contributed by atoms with van der Waals surface area (Å²) < 4.78 is 6.22. The molecule has 1 aliphatic rings. The van der Waals surface area contributed by atoms with E-state index in [-0.39, 0.29) is 0 Å². The summed E-state index contributed by atoms with van der Waals surface area (Å²) in [5, 5.41) is 0. The van der Waals surface area contributed by atoms with Gasteiger partial charge in [0.1, 0.15) is 0 Å². The zero-order valence-corrected chi connectivity index (χ0v) is 13.1. The summed E-state index contributed by atoms with van der Waals surface area (Å²) in [6.07, 6.45) is 4.51. The fraction of sp³-hybridized carbons (Fsp3) is 1.00. The molecule has 0 aromatic heterocycles. The Balaban J connectivity index is 2.36. The van der Waals surface area contributed by atoms with Gasteiger partial charge in [0.2, 0.25) is 0 Å². The lowest BCUT2D eigenvalue weighted by Crippen LogP contribution is -2.36. The van der Waals surface area contributed by atoms with Gasteiger partial charge in [-0.15, -0.1) is 0 Å². The van der Waals surface area contributed by atoms with E-state index in [1.807, 2.05) is 0 Å². The zero-order valence-electron chi connectivity index (χ0n) is 13.1. The molecule has 2 heteroatoms. The molecule has 1 aliphatic carbocycles. The van der Waals surface area contributed by atoms with E-state index in [2.05, 4.69) is 39.5 Å². The lowest BCUT2D eigenvalue weighted by Gasteiger charge is -2.37. The number of nitrogens with zero attached hydrogens (tertiary/aromatic N) is 1. The molecule has 0 aromatic carbocycles. The molecule has 18 heavy (non-hydrogen) atoms. The van der Waals surface area contributed by atoms with Crippen LogP contribution >= 0.6 is 0 Å². The van der Waals surface area contributed by atoms with E-state index >= 15 is 0 Å². The highest BCUT2D eigenvalue weighted by Crippen LogP contribution is 2.35. The SMILES string of the molecule is CCN(CC)CCOC1CC(C)CCC1C(C)C. The molecule has 2 nitrogen and oxygen atoms in total. The first-order valence-corrected chi connectivity index (χ1v) is 7.92. The van der Waals surface area contributed by atoms with Gasteiger partial charge in [-0.1, -0.05) is 41.0 Å². The third kappa shape index (κ3) is 4.89. The van der Waals surface area contributed by atoms with Crippen LogP contribution in [0.2, 0.25) is 0 Å². The van der Waals surface area contributed by atoms with Crippen LogP contribution in [0.25, 0.3) is 0 Å². The Bertz CT molecular complexity index is 213. The fourth-order valence-corrected chi connectivity index (χ4v) is 3.18. The van der Waals surface area contributed by atoms with Crippen molar-refractivity contribution in [2.45, 2.75) is 60.0 Å². The van der Waals surface area contributed by atoms with Gasteiger partial charge in [0, 0.05) is 6.54 Å². The second-order valence-electron chi connectivity index (χ2n) is 6.26. The minimum absolute atomic E-state index is 0.504. The van der Waals surface area contributed by atoms with Crippen LogP contribution in [-0.4, -0.2) is 37.2 Å². The number of hydrogen-bond acceptors (Lipinski definition) is 2. The molecular weight excluding hydrogens is 222 g/mol. The molecule has 0 spiro atoms. The Morgan fingerprint density at radius 1 is 1.17 bits per heavy atom. The van der Waals surface area contributed by atoms with E-state index < -0.39 is 0 Å². The highest BCUT2D eigenvalue weighted by Gasteiger charge is 2.31. The van der Waals surface area contributed by atoms with Crippen molar-refractivity contribution in [3.05, 3.63) is 0 Å². The van der Waals surface area contributed by atoms with Crippen LogP contribution in [0.1, 0.15) is 53.9 Å². The molecule has 0 radical (unpaired) electrons. The first kappa shape index (κ1) is 16.0. The summed E-state index contributed by atoms with van der Waals surface area (Å²) in [5.41, 5.74) is 0. The van der Waals surface area contributed by atoms with Crippen molar-refractivity contribution in [3.8, 4) is 0 Å². The normalized spacial score (nSPS) is 29.2. The average Bonchev–Trinajstić information content (AvgIpc) is 2.34. The Morgan fingerprint density at radius 2 is 1.83 bits per heavy atom. The zero-order chi connectivity index (χ0) is 13.5. The number of likely N-dealkylation sites (N-methyl/N-ethyl adjacent to an activating group) is 1. The van der Waals surface area contributed by atoms with Gasteiger partial charge in [-0.2, -0.15) is 0 Å². The molecule has 3 atom stereocenters. The van der Waals surface area contributed by atoms with Gasteiger partial charge in [0.05, 0.1) is 12.7 Å². The molecule has 0 heterocycles. The molecular formula is C16H33NO. The third-order valence-electron chi connectivity index (χ3n) is 4.60. The molecule has 0 N–H and O–H groups in total. The summed E-state index contributed by atoms with van der Waals surface area (Å²) in [4.78, 5) is 2.44. The maximum absolute atomic E-state index is 6.22. The minimum atomic E-state index is 0.504. The van der Waals surface area contributed by atoms with Crippen LogP contribution in [0.15, 0.2) is 0 Å². The maximum atomic E-state index is 6.22. The Labute approximate surface area is 114 Å². The summed E-state index contributed by atoms with van der Waals surface area (Å²) in [6.45, 7) is 15.8. The van der Waals surface area contributed by atoms with Gasteiger partial charge in [0.15, 0.2) is 0 Å². The van der Waals surface area contributed by atoms with Crippen LogP contribution in [-0.2, 0) is 4.74 Å². The predicted octanol–water partition coefficient (Wildman–Crippen LogP) is 3.81. The summed E-state index contributed by atoms with van der Waals surface area (Å²) in [7, 11) is 0. The highest BCUT2D eigenvalue weighted by molar-refractivity contribution is 4.81. The van der Waals surface area contributed by atoms with Crippen molar-refractivity contribution < 1.29 is 4.74 Å². The largest absolute Gasteiger partial charge is 0.377 e. The van der Waals surface area contributed by atoms with E-state index in [4.69, 9.17) is 4.74 Å². The molecule has 1 rings (SSSR count). The first-order valence-electron chi connectivity index (χ1n) is 7.92. The van der Waals surface area contributed by atoms with Crippen molar-refractivity contribution in [1.82, 2.24) is 4.90 Å². The Kier molecular flexibility index (Phi) is 7.25. The van der Waals surface area contributed by atoms with Gasteiger partial charge in [-0.25, -0.2) is 0 Å². The molecule has 3 unspecified atom stereocenters. The molecule has 0 bridgehead atoms. The lowest BCUT2D eigenvalue weighted by atomic mass is 9.75. The third-order valence-corrected chi connectivity index (χ3v) is 4.60. The van der Waals surface area contributed by atoms with Crippen molar-refractivity contribution in [2.75, 3.05) is 26.2 Å². The van der Waals surface area contributed by atoms with E-state index in [0.717, 1.165) is 44.0 Å². The van der Waals surface area contributed by atoms with E-state index in [0.29, 0.717) is 6.10 Å². The molecule has 0 aromatic rings. The monoisotopic (exact) mass is 255 g/mol. The van der Waals surface area contributed by atoms with Crippen LogP contribution in [0.5, 0.6) is 0 Å².